The average molecular weight is 262 g/mol. The normalized spacial score (nSPS) is 15.3. The van der Waals surface area contributed by atoms with Crippen molar-refractivity contribution in [3.63, 3.8) is 0 Å². The Kier molecular flexibility index (Phi) is 12.9. The molecule has 0 bridgehead atoms. The summed E-state index contributed by atoms with van der Waals surface area (Å²) in [7, 11) is 1.00. The van der Waals surface area contributed by atoms with Crippen molar-refractivity contribution < 1.29 is 5.11 Å². The molecule has 1 nitrogen and oxygen atoms in total. The number of halogens is 5. The van der Waals surface area contributed by atoms with Crippen LogP contribution in [0.3, 0.4) is 0 Å². The van der Waals surface area contributed by atoms with Crippen LogP contribution in [-0.4, -0.2) is 33.7 Å². The van der Waals surface area contributed by atoms with Crippen molar-refractivity contribution in [3.05, 3.63) is 0 Å². The van der Waals surface area contributed by atoms with Crippen LogP contribution in [0.4, 0.5) is 0 Å². The van der Waals surface area contributed by atoms with Crippen molar-refractivity contribution in [2.24, 2.45) is 0 Å². The predicted molar refractivity (Wildman–Crippen MR) is 53.6 cm³/mol. The Morgan fingerprint density at radius 2 is 1.45 bits per heavy atom. The van der Waals surface area contributed by atoms with Crippen molar-refractivity contribution >= 4 is 58.0 Å². The maximum atomic E-state index is 7.00. The van der Waals surface area contributed by atoms with Gasteiger partial charge in [-0.3, -0.25) is 0 Å². The molecule has 0 heterocycles. The van der Waals surface area contributed by atoms with E-state index in [-0.39, 0.29) is 11.3 Å². The minimum atomic E-state index is -0.659. The lowest BCUT2D eigenvalue weighted by Crippen LogP contribution is -2.22. The highest BCUT2D eigenvalue weighted by molar-refractivity contribution is 6.49. The summed E-state index contributed by atoms with van der Waals surface area (Å²) in [6.45, 7) is 0. The van der Waals surface area contributed by atoms with E-state index < -0.39 is 10.2 Å². The third-order valence-corrected chi connectivity index (χ3v) is 3.14. The molecule has 0 aromatic rings. The Morgan fingerprint density at radius 1 is 1.09 bits per heavy atom. The standard InChI is InChI=1S/C4H5Cl5.CH4O/c5-1-2(6)3(7)4(8)9;1-2/h2-4H,1H2;2H,1H3. The van der Waals surface area contributed by atoms with E-state index in [0.717, 1.165) is 7.11 Å². The van der Waals surface area contributed by atoms with Crippen LogP contribution in [0.5, 0.6) is 0 Å². The second kappa shape index (κ2) is 9.50. The van der Waals surface area contributed by atoms with Crippen LogP contribution in [0.15, 0.2) is 0 Å². The molecule has 0 aliphatic heterocycles. The van der Waals surface area contributed by atoms with Gasteiger partial charge in [0.25, 0.3) is 0 Å². The van der Waals surface area contributed by atoms with Gasteiger partial charge in [0.15, 0.2) is 0 Å². The summed E-state index contributed by atoms with van der Waals surface area (Å²) < 4.78 is 0. The van der Waals surface area contributed by atoms with Crippen LogP contribution in [0.2, 0.25) is 0 Å². The molecule has 0 radical (unpaired) electrons. The molecular formula is C5H9Cl5O. The zero-order valence-electron chi connectivity index (χ0n) is 5.78. The summed E-state index contributed by atoms with van der Waals surface area (Å²) in [6, 6.07) is 0. The van der Waals surface area contributed by atoms with E-state index >= 15 is 0 Å². The molecule has 0 amide bonds. The van der Waals surface area contributed by atoms with Crippen LogP contribution in [0, 0.1) is 0 Å². The summed E-state index contributed by atoms with van der Waals surface area (Å²) >= 11 is 27.3. The SMILES string of the molecule is CO.ClCC(Cl)C(Cl)C(Cl)Cl. The van der Waals surface area contributed by atoms with E-state index in [0.29, 0.717) is 0 Å². The Balaban J connectivity index is 0. The molecule has 0 fully saturated rings. The highest BCUT2D eigenvalue weighted by Crippen LogP contribution is 2.21. The molecule has 70 valence electrons. The molecule has 11 heavy (non-hydrogen) atoms. The predicted octanol–water partition coefficient (Wildman–Crippen LogP) is 2.85. The first-order valence-corrected chi connectivity index (χ1v) is 4.94. The molecule has 2 unspecified atom stereocenters. The maximum Gasteiger partial charge on any atom is 0.125 e. The second-order valence-corrected chi connectivity index (χ2v) is 3.99. The molecule has 0 rings (SSSR count). The molecule has 1 N–H and O–H groups in total. The lowest BCUT2D eigenvalue weighted by atomic mass is 10.3. The van der Waals surface area contributed by atoms with Gasteiger partial charge in [0.05, 0.1) is 10.8 Å². The van der Waals surface area contributed by atoms with Crippen LogP contribution in [0.25, 0.3) is 0 Å². The summed E-state index contributed by atoms with van der Waals surface area (Å²) in [5.74, 6) is 0.256. The highest BCUT2D eigenvalue weighted by Gasteiger charge is 2.21. The lowest BCUT2D eigenvalue weighted by Gasteiger charge is -2.12. The maximum absolute atomic E-state index is 7.00. The number of aliphatic hydroxyl groups excluding tert-OH is 1. The van der Waals surface area contributed by atoms with E-state index in [2.05, 4.69) is 0 Å². The lowest BCUT2D eigenvalue weighted by molar-refractivity contribution is 0.399. The zero-order chi connectivity index (χ0) is 9.44. The third-order valence-electron chi connectivity index (χ3n) is 0.734. The highest BCUT2D eigenvalue weighted by atomic mass is 35.5. The summed E-state index contributed by atoms with van der Waals surface area (Å²) in [6.07, 6.45) is 0. The van der Waals surface area contributed by atoms with E-state index in [9.17, 15) is 0 Å². The third kappa shape index (κ3) is 7.76. The fourth-order valence-electron chi connectivity index (χ4n) is 0.243. The fraction of sp³-hybridized carbons (Fsp3) is 1.00. The van der Waals surface area contributed by atoms with Crippen LogP contribution >= 0.6 is 58.0 Å². The van der Waals surface area contributed by atoms with Gasteiger partial charge in [-0.25, -0.2) is 0 Å². The van der Waals surface area contributed by atoms with Gasteiger partial charge in [-0.2, -0.15) is 0 Å². The molecule has 0 aliphatic carbocycles. The van der Waals surface area contributed by atoms with Crippen molar-refractivity contribution in [2.45, 2.75) is 15.6 Å². The van der Waals surface area contributed by atoms with Gasteiger partial charge in [0, 0.05) is 13.0 Å². The number of alkyl halides is 5. The van der Waals surface area contributed by atoms with Gasteiger partial charge in [0.1, 0.15) is 4.84 Å². The molecular weight excluding hydrogens is 253 g/mol. The topological polar surface area (TPSA) is 20.2 Å². The minimum Gasteiger partial charge on any atom is -0.400 e. The largest absolute Gasteiger partial charge is 0.400 e. The first kappa shape index (κ1) is 14.9. The number of rotatable bonds is 3. The Bertz CT molecular complexity index is 79.3. The molecule has 0 aliphatic rings. The van der Waals surface area contributed by atoms with Gasteiger partial charge in [0.2, 0.25) is 0 Å². The van der Waals surface area contributed by atoms with Crippen LogP contribution in [0.1, 0.15) is 0 Å². The molecule has 2 atom stereocenters. The monoisotopic (exact) mass is 260 g/mol. The smallest absolute Gasteiger partial charge is 0.125 e. The van der Waals surface area contributed by atoms with Gasteiger partial charge in [-0.1, -0.05) is 0 Å². The molecule has 0 saturated carbocycles. The first-order valence-electron chi connectivity index (χ1n) is 2.66. The molecule has 0 spiro atoms. The van der Waals surface area contributed by atoms with Gasteiger partial charge in [-0.15, -0.1) is 58.0 Å². The minimum absolute atomic E-state index is 0.256. The molecule has 0 saturated heterocycles. The Hall–Kier alpha value is 1.41. The second-order valence-electron chi connectivity index (χ2n) is 1.45. The summed E-state index contributed by atoms with van der Waals surface area (Å²) in [5.41, 5.74) is 0. The van der Waals surface area contributed by atoms with Gasteiger partial charge in [-0.05, 0) is 0 Å². The first-order chi connectivity index (χ1) is 5.09. The fourth-order valence-corrected chi connectivity index (χ4v) is 1.26. The van der Waals surface area contributed by atoms with Gasteiger partial charge < -0.3 is 5.11 Å². The van der Waals surface area contributed by atoms with E-state index in [1.165, 1.54) is 0 Å². The molecule has 0 aromatic carbocycles. The average Bonchev–Trinajstić information content (AvgIpc) is 2.05. The Morgan fingerprint density at radius 3 is 1.55 bits per heavy atom. The van der Waals surface area contributed by atoms with E-state index in [1.54, 1.807) is 0 Å². The van der Waals surface area contributed by atoms with Gasteiger partial charge >= 0.3 is 0 Å². The summed E-state index contributed by atoms with van der Waals surface area (Å²) in [4.78, 5) is -0.659. The molecule has 6 heteroatoms. The quantitative estimate of drug-likeness (QED) is 0.775. The van der Waals surface area contributed by atoms with Crippen molar-refractivity contribution in [1.29, 1.82) is 0 Å². The van der Waals surface area contributed by atoms with Crippen LogP contribution < -0.4 is 0 Å². The molecule has 0 aromatic heterocycles. The zero-order valence-corrected chi connectivity index (χ0v) is 9.56. The van der Waals surface area contributed by atoms with E-state index in [4.69, 9.17) is 63.1 Å². The van der Waals surface area contributed by atoms with E-state index in [1.807, 2.05) is 0 Å². The summed E-state index contributed by atoms with van der Waals surface area (Å²) in [5, 5.41) is 6.15. The number of aliphatic hydroxyl groups is 1. The Labute approximate surface area is 91.5 Å². The number of hydrogen-bond acceptors (Lipinski definition) is 1. The van der Waals surface area contributed by atoms with Crippen molar-refractivity contribution in [3.8, 4) is 0 Å². The number of hydrogen-bond donors (Lipinski definition) is 1. The van der Waals surface area contributed by atoms with Crippen molar-refractivity contribution in [1.82, 2.24) is 0 Å². The van der Waals surface area contributed by atoms with Crippen LogP contribution in [-0.2, 0) is 0 Å². The van der Waals surface area contributed by atoms with Crippen molar-refractivity contribution in [2.75, 3.05) is 13.0 Å².